The Balaban J connectivity index is 3.97. The van der Waals surface area contributed by atoms with Crippen molar-refractivity contribution < 1.29 is 21.6 Å². The fourth-order valence-corrected chi connectivity index (χ4v) is 2.30. The van der Waals surface area contributed by atoms with Gasteiger partial charge in [0.05, 0.1) is 5.75 Å². The molecule has 0 aliphatic rings. The minimum atomic E-state index is -5.10. The SMILES string of the molecule is CCCCCC(C)CCS(=O)(=O)C(F)(F)F. The molecule has 0 bridgehead atoms. The van der Waals surface area contributed by atoms with Crippen LogP contribution >= 0.6 is 0 Å². The van der Waals surface area contributed by atoms with Crippen LogP contribution in [-0.2, 0) is 9.84 Å². The van der Waals surface area contributed by atoms with Crippen LogP contribution in [0.2, 0.25) is 0 Å². The minimum absolute atomic E-state index is 0.0312. The highest BCUT2D eigenvalue weighted by Gasteiger charge is 2.44. The summed E-state index contributed by atoms with van der Waals surface area (Å²) >= 11 is 0. The van der Waals surface area contributed by atoms with E-state index < -0.39 is 21.1 Å². The first kappa shape index (κ1) is 15.7. The van der Waals surface area contributed by atoms with Gasteiger partial charge < -0.3 is 0 Å². The van der Waals surface area contributed by atoms with Crippen molar-refractivity contribution in [1.29, 1.82) is 0 Å². The van der Waals surface area contributed by atoms with E-state index in [4.69, 9.17) is 0 Å². The number of unbranched alkanes of at least 4 members (excludes halogenated alkanes) is 2. The molecule has 0 rings (SSSR count). The van der Waals surface area contributed by atoms with Crippen LogP contribution in [0.25, 0.3) is 0 Å². The maximum atomic E-state index is 12.0. The summed E-state index contributed by atoms with van der Waals surface area (Å²) in [7, 11) is -4.92. The van der Waals surface area contributed by atoms with Crippen molar-refractivity contribution >= 4 is 9.84 Å². The van der Waals surface area contributed by atoms with Crippen molar-refractivity contribution in [2.45, 2.75) is 51.5 Å². The normalized spacial score (nSPS) is 15.1. The lowest BCUT2D eigenvalue weighted by Crippen LogP contribution is -2.26. The molecule has 0 saturated heterocycles. The molecule has 0 aromatic heterocycles. The molecule has 0 heterocycles. The Labute approximate surface area is 95.1 Å². The molecule has 0 amide bonds. The molecule has 0 aliphatic heterocycles. The summed E-state index contributed by atoms with van der Waals surface area (Å²) < 4.78 is 57.5. The summed E-state index contributed by atoms with van der Waals surface area (Å²) in [5.74, 6) is -0.757. The van der Waals surface area contributed by atoms with Crippen LogP contribution in [0.5, 0.6) is 0 Å². The molecule has 0 radical (unpaired) electrons. The molecule has 0 saturated carbocycles. The number of halogens is 3. The van der Waals surface area contributed by atoms with E-state index in [-0.39, 0.29) is 12.3 Å². The van der Waals surface area contributed by atoms with E-state index in [1.807, 2.05) is 6.92 Å². The largest absolute Gasteiger partial charge is 0.497 e. The monoisotopic (exact) mass is 260 g/mol. The third-order valence-corrected chi connectivity index (χ3v) is 4.01. The van der Waals surface area contributed by atoms with Gasteiger partial charge in [0.25, 0.3) is 0 Å². The van der Waals surface area contributed by atoms with Crippen molar-refractivity contribution in [3.63, 3.8) is 0 Å². The fraction of sp³-hybridized carbons (Fsp3) is 1.00. The number of hydrogen-bond acceptors (Lipinski definition) is 2. The van der Waals surface area contributed by atoms with Gasteiger partial charge in [-0.3, -0.25) is 0 Å². The Bertz CT molecular complexity index is 283. The van der Waals surface area contributed by atoms with E-state index in [0.29, 0.717) is 0 Å². The van der Waals surface area contributed by atoms with E-state index in [2.05, 4.69) is 0 Å². The Morgan fingerprint density at radius 2 is 1.69 bits per heavy atom. The minimum Gasteiger partial charge on any atom is -0.220 e. The van der Waals surface area contributed by atoms with Crippen molar-refractivity contribution in [1.82, 2.24) is 0 Å². The predicted molar refractivity (Wildman–Crippen MR) is 57.8 cm³/mol. The van der Waals surface area contributed by atoms with Gasteiger partial charge in [0.15, 0.2) is 0 Å². The molecule has 0 spiro atoms. The van der Waals surface area contributed by atoms with E-state index in [1.54, 1.807) is 6.92 Å². The maximum absolute atomic E-state index is 12.0. The molecule has 0 aromatic rings. The zero-order valence-corrected chi connectivity index (χ0v) is 10.5. The zero-order valence-electron chi connectivity index (χ0n) is 9.68. The first-order chi connectivity index (χ1) is 7.20. The lowest BCUT2D eigenvalue weighted by Gasteiger charge is -2.12. The summed E-state index contributed by atoms with van der Waals surface area (Å²) in [6, 6.07) is 0. The van der Waals surface area contributed by atoms with Crippen LogP contribution in [0.15, 0.2) is 0 Å². The third-order valence-electron chi connectivity index (χ3n) is 2.53. The number of alkyl halides is 3. The maximum Gasteiger partial charge on any atom is 0.497 e. The lowest BCUT2D eigenvalue weighted by molar-refractivity contribution is -0.0436. The molecule has 0 N–H and O–H groups in total. The first-order valence-electron chi connectivity index (χ1n) is 5.49. The summed E-state index contributed by atoms with van der Waals surface area (Å²) in [5.41, 5.74) is -5.10. The second-order valence-corrected chi connectivity index (χ2v) is 6.25. The van der Waals surface area contributed by atoms with Crippen molar-refractivity contribution in [2.24, 2.45) is 5.92 Å². The van der Waals surface area contributed by atoms with Crippen molar-refractivity contribution in [3.05, 3.63) is 0 Å². The molecule has 1 unspecified atom stereocenters. The number of rotatable bonds is 7. The molecule has 6 heteroatoms. The quantitative estimate of drug-likeness (QED) is 0.656. The van der Waals surface area contributed by atoms with Gasteiger partial charge in [0.2, 0.25) is 9.84 Å². The highest BCUT2D eigenvalue weighted by molar-refractivity contribution is 7.92. The van der Waals surface area contributed by atoms with Gasteiger partial charge in [-0.15, -0.1) is 0 Å². The number of sulfone groups is 1. The van der Waals surface area contributed by atoms with Gasteiger partial charge in [0, 0.05) is 0 Å². The van der Waals surface area contributed by atoms with Gasteiger partial charge in [0.1, 0.15) is 0 Å². The number of hydrogen-bond donors (Lipinski definition) is 0. The smallest absolute Gasteiger partial charge is 0.220 e. The third kappa shape index (κ3) is 5.72. The molecule has 0 fully saturated rings. The second kappa shape index (κ2) is 6.47. The van der Waals surface area contributed by atoms with E-state index >= 15 is 0 Å². The highest BCUT2D eigenvalue weighted by atomic mass is 32.2. The van der Waals surface area contributed by atoms with Crippen molar-refractivity contribution in [3.8, 4) is 0 Å². The molecular formula is C10H19F3O2S. The summed E-state index contributed by atoms with van der Waals surface area (Å²) in [5, 5.41) is 0. The average molecular weight is 260 g/mol. The molecule has 0 aliphatic carbocycles. The van der Waals surface area contributed by atoms with Gasteiger partial charge in [-0.25, -0.2) is 8.42 Å². The van der Waals surface area contributed by atoms with Crippen LogP contribution in [0.1, 0.15) is 46.0 Å². The summed E-state index contributed by atoms with van der Waals surface area (Å²) in [6.07, 6.45) is 3.92. The highest BCUT2D eigenvalue weighted by Crippen LogP contribution is 2.26. The zero-order chi connectivity index (χ0) is 12.8. The summed E-state index contributed by atoms with van der Waals surface area (Å²) in [6.45, 7) is 3.83. The van der Waals surface area contributed by atoms with Crippen molar-refractivity contribution in [2.75, 3.05) is 5.75 Å². The molecular weight excluding hydrogens is 241 g/mol. The molecule has 0 aromatic carbocycles. The second-order valence-electron chi connectivity index (χ2n) is 4.15. The molecule has 2 nitrogen and oxygen atoms in total. The van der Waals surface area contributed by atoms with Crippen LogP contribution in [0, 0.1) is 5.92 Å². The van der Waals surface area contributed by atoms with Gasteiger partial charge in [-0.05, 0) is 12.3 Å². The topological polar surface area (TPSA) is 34.1 Å². The molecule has 98 valence electrons. The van der Waals surface area contributed by atoms with E-state index in [1.165, 1.54) is 0 Å². The Morgan fingerprint density at radius 1 is 1.12 bits per heavy atom. The summed E-state index contributed by atoms with van der Waals surface area (Å²) in [4.78, 5) is 0. The fourth-order valence-electron chi connectivity index (χ4n) is 1.36. The Hall–Kier alpha value is -0.260. The lowest BCUT2D eigenvalue weighted by atomic mass is 10.0. The Morgan fingerprint density at radius 3 is 2.12 bits per heavy atom. The van der Waals surface area contributed by atoms with Crippen LogP contribution < -0.4 is 0 Å². The average Bonchev–Trinajstić information content (AvgIpc) is 2.13. The van der Waals surface area contributed by atoms with Crippen LogP contribution in [0.3, 0.4) is 0 Å². The van der Waals surface area contributed by atoms with Gasteiger partial charge in [-0.2, -0.15) is 13.2 Å². The standard InChI is InChI=1S/C10H19F3O2S/c1-3-4-5-6-9(2)7-8-16(14,15)10(11,12)13/h9H,3-8H2,1-2H3. The van der Waals surface area contributed by atoms with E-state index in [9.17, 15) is 21.6 Å². The molecule has 1 atom stereocenters. The van der Waals surface area contributed by atoms with Gasteiger partial charge in [-0.1, -0.05) is 39.5 Å². The van der Waals surface area contributed by atoms with Crippen LogP contribution in [0.4, 0.5) is 13.2 Å². The van der Waals surface area contributed by atoms with Gasteiger partial charge >= 0.3 is 5.51 Å². The molecule has 16 heavy (non-hydrogen) atoms. The Kier molecular flexibility index (Phi) is 6.36. The predicted octanol–water partition coefficient (Wildman–Crippen LogP) is 3.53. The first-order valence-corrected chi connectivity index (χ1v) is 7.15. The van der Waals surface area contributed by atoms with Crippen LogP contribution in [-0.4, -0.2) is 19.7 Å². The van der Waals surface area contributed by atoms with E-state index in [0.717, 1.165) is 25.7 Å².